The predicted molar refractivity (Wildman–Crippen MR) is 184 cm³/mol. The van der Waals surface area contributed by atoms with Crippen molar-refractivity contribution in [3.05, 3.63) is 40.4 Å². The summed E-state index contributed by atoms with van der Waals surface area (Å²) in [5.41, 5.74) is 3.58. The maximum Gasteiger partial charge on any atom is 0.289 e. The number of hydrogen-bond donors (Lipinski definition) is 4. The van der Waals surface area contributed by atoms with Crippen molar-refractivity contribution in [2.75, 3.05) is 19.8 Å². The summed E-state index contributed by atoms with van der Waals surface area (Å²) in [7, 11) is 0. The van der Waals surface area contributed by atoms with E-state index in [1.807, 2.05) is 52.8 Å². The Morgan fingerprint density at radius 3 is 2.43 bits per heavy atom. The van der Waals surface area contributed by atoms with Crippen LogP contribution in [-0.2, 0) is 33.5 Å². The first-order valence-corrected chi connectivity index (χ1v) is 17.8. The normalized spacial score (nSPS) is 23.8. The third-order valence-corrected chi connectivity index (χ3v) is 10.2. The van der Waals surface area contributed by atoms with Gasteiger partial charge in [0.1, 0.15) is 17.7 Å². The van der Waals surface area contributed by atoms with Gasteiger partial charge in [0.2, 0.25) is 23.5 Å². The quantitative estimate of drug-likeness (QED) is 0.242. The lowest BCUT2D eigenvalue weighted by Gasteiger charge is -2.36. The molecule has 0 unspecified atom stereocenters. The first-order chi connectivity index (χ1) is 23.2. The molecule has 4 atom stereocenters. The maximum atomic E-state index is 14.6. The molecule has 0 radical (unpaired) electrons. The van der Waals surface area contributed by atoms with Gasteiger partial charge >= 0.3 is 0 Å². The summed E-state index contributed by atoms with van der Waals surface area (Å²) < 4.78 is 5.44. The number of aryl methyl sites for hydroxylation is 1. The van der Waals surface area contributed by atoms with E-state index in [0.717, 1.165) is 36.8 Å². The molecule has 1 aliphatic carbocycles. The van der Waals surface area contributed by atoms with E-state index in [4.69, 9.17) is 21.2 Å². The molecule has 0 bridgehead atoms. The van der Waals surface area contributed by atoms with Crippen LogP contribution in [0.25, 0.3) is 5.70 Å². The molecule has 12 nitrogen and oxygen atoms in total. The zero-order valence-electron chi connectivity index (χ0n) is 29.2. The first-order valence-electron chi connectivity index (χ1n) is 17.5. The number of Topliss-reactive ketones (excluding diaryl/α,β-unsaturated/α-hetero) is 1. The fraction of sp³-hybridized carbons (Fsp3) is 0.639. The monoisotopic (exact) mass is 699 g/mol. The highest BCUT2D eigenvalue weighted by atomic mass is 35.5. The van der Waals surface area contributed by atoms with E-state index in [0.29, 0.717) is 30.4 Å². The van der Waals surface area contributed by atoms with Gasteiger partial charge in [0.25, 0.3) is 5.91 Å². The van der Waals surface area contributed by atoms with Gasteiger partial charge < -0.3 is 25.6 Å². The summed E-state index contributed by atoms with van der Waals surface area (Å²) in [6, 6.07) is 2.52. The van der Waals surface area contributed by atoms with E-state index in [9.17, 15) is 24.0 Å². The molecule has 4 N–H and O–H groups in total. The number of rotatable bonds is 12. The molecule has 1 aromatic carbocycles. The van der Waals surface area contributed by atoms with E-state index in [1.54, 1.807) is 6.07 Å². The number of halogens is 1. The van der Waals surface area contributed by atoms with Gasteiger partial charge in [-0.15, -0.1) is 0 Å². The zero-order chi connectivity index (χ0) is 35.5. The van der Waals surface area contributed by atoms with E-state index in [2.05, 4.69) is 21.4 Å². The first kappa shape index (κ1) is 36.8. The van der Waals surface area contributed by atoms with Crippen molar-refractivity contribution >= 4 is 46.7 Å². The third kappa shape index (κ3) is 9.01. The second-order valence-corrected chi connectivity index (χ2v) is 15.5. The van der Waals surface area contributed by atoms with E-state index >= 15 is 0 Å². The number of benzene rings is 1. The minimum absolute atomic E-state index is 0.00866. The summed E-state index contributed by atoms with van der Waals surface area (Å²) in [5.74, 6) is -2.48. The molecular formula is C36H50ClN5O7. The van der Waals surface area contributed by atoms with Crippen molar-refractivity contribution in [3.63, 3.8) is 0 Å². The number of ketones is 1. The Bertz CT molecular complexity index is 1480. The Balaban J connectivity index is 1.41. The Morgan fingerprint density at radius 2 is 1.80 bits per heavy atom. The molecule has 2 saturated heterocycles. The van der Waals surface area contributed by atoms with Crippen molar-refractivity contribution in [1.82, 2.24) is 26.3 Å². The summed E-state index contributed by atoms with van der Waals surface area (Å²) in [6.07, 6.45) is 6.26. The Morgan fingerprint density at radius 1 is 1.08 bits per heavy atom. The number of nitrogens with one attached hydrogen (secondary N) is 4. The number of likely N-dealkylation sites (tertiary alicyclic amines) is 1. The number of carbonyl (C=O) groups is 5. The standard InChI is InChI=1S/C36H50ClN5O7/c1-6-7-26(30(44)33(46)38-24-9-10-24)39-32(45)28-19-36(18-27(41-49-36)23-8-11-25(37)21(2)16-23)20-42(28)34(47)31(35(3,4)5)40-29(43)17-22-12-14-48-15-13-22/h8,11,16,18,22,24,26,28,31,41H,6-7,9-10,12-15,17,19-20H2,1-5H3,(H,38,46)(H,39,45)(H,40,43)/t26-,28-,31+,36+/m0/s1. The van der Waals surface area contributed by atoms with Crippen LogP contribution in [-0.4, -0.2) is 83.8 Å². The van der Waals surface area contributed by atoms with E-state index in [1.165, 1.54) is 4.90 Å². The molecule has 49 heavy (non-hydrogen) atoms. The smallest absolute Gasteiger partial charge is 0.289 e. The summed E-state index contributed by atoms with van der Waals surface area (Å²) in [6.45, 7) is 10.6. The van der Waals surface area contributed by atoms with Crippen molar-refractivity contribution < 1.29 is 33.5 Å². The van der Waals surface area contributed by atoms with Gasteiger partial charge in [-0.3, -0.25) is 34.3 Å². The van der Waals surface area contributed by atoms with Gasteiger partial charge in [0.15, 0.2) is 0 Å². The average Bonchev–Trinajstić information content (AvgIpc) is 3.65. The highest BCUT2D eigenvalue weighted by molar-refractivity contribution is 6.38. The predicted octanol–water partition coefficient (Wildman–Crippen LogP) is 3.34. The molecule has 1 spiro atoms. The molecule has 5 rings (SSSR count). The highest BCUT2D eigenvalue weighted by Gasteiger charge is 2.54. The zero-order valence-corrected chi connectivity index (χ0v) is 29.9. The molecule has 3 aliphatic heterocycles. The summed E-state index contributed by atoms with van der Waals surface area (Å²) in [5, 5.41) is 9.13. The molecule has 4 amide bonds. The Labute approximate surface area is 293 Å². The SMILES string of the molecule is CCC[C@H](NC(=O)[C@@H]1C[C@]2(C=C(c3ccc(Cl)c(C)c3)NO2)CN1C(=O)[C@@H](NC(=O)CC1CCOCC1)C(C)(C)C)C(=O)C(=O)NC1CC1. The molecule has 1 saturated carbocycles. The summed E-state index contributed by atoms with van der Waals surface area (Å²) >= 11 is 6.26. The molecule has 0 aromatic heterocycles. The Hall–Kier alpha value is -3.48. The largest absolute Gasteiger partial charge is 0.381 e. The van der Waals surface area contributed by atoms with Gasteiger partial charge in [0, 0.05) is 42.7 Å². The molecule has 1 aromatic rings. The van der Waals surface area contributed by atoms with Crippen LogP contribution in [0.1, 0.15) is 90.2 Å². The second kappa shape index (κ2) is 15.2. The van der Waals surface area contributed by atoms with Gasteiger partial charge in [-0.25, -0.2) is 0 Å². The molecule has 4 aliphatic rings. The van der Waals surface area contributed by atoms with Crippen molar-refractivity contribution in [2.45, 2.75) is 116 Å². The van der Waals surface area contributed by atoms with Crippen molar-refractivity contribution in [3.8, 4) is 0 Å². The number of hydroxylamine groups is 1. The minimum atomic E-state index is -1.08. The average molecular weight is 700 g/mol. The Kier molecular flexibility index (Phi) is 11.4. The summed E-state index contributed by atoms with van der Waals surface area (Å²) in [4.78, 5) is 75.5. The maximum absolute atomic E-state index is 14.6. The fourth-order valence-electron chi connectivity index (χ4n) is 6.69. The van der Waals surface area contributed by atoms with Gasteiger partial charge in [0.05, 0.1) is 18.3 Å². The van der Waals surface area contributed by atoms with Crippen LogP contribution in [0.3, 0.4) is 0 Å². The molecular weight excluding hydrogens is 650 g/mol. The van der Waals surface area contributed by atoms with Crippen LogP contribution in [0.15, 0.2) is 24.3 Å². The topological polar surface area (TPSA) is 155 Å². The molecule has 268 valence electrons. The van der Waals surface area contributed by atoms with E-state index < -0.39 is 52.6 Å². The van der Waals surface area contributed by atoms with Crippen LogP contribution in [0, 0.1) is 18.3 Å². The van der Waals surface area contributed by atoms with Crippen LogP contribution in [0.5, 0.6) is 0 Å². The number of carbonyl (C=O) groups excluding carboxylic acids is 5. The van der Waals surface area contributed by atoms with Crippen molar-refractivity contribution in [1.29, 1.82) is 0 Å². The fourth-order valence-corrected chi connectivity index (χ4v) is 6.81. The number of nitrogens with zero attached hydrogens (tertiary/aromatic N) is 1. The third-order valence-electron chi connectivity index (χ3n) is 9.76. The lowest BCUT2D eigenvalue weighted by molar-refractivity contribution is -0.145. The van der Waals surface area contributed by atoms with Crippen LogP contribution >= 0.6 is 11.6 Å². The van der Waals surface area contributed by atoms with E-state index in [-0.39, 0.29) is 43.7 Å². The van der Waals surface area contributed by atoms with Crippen LogP contribution in [0.2, 0.25) is 5.02 Å². The lowest BCUT2D eigenvalue weighted by atomic mass is 9.85. The highest BCUT2D eigenvalue weighted by Crippen LogP contribution is 2.39. The van der Waals surface area contributed by atoms with Gasteiger partial charge in [-0.1, -0.05) is 51.8 Å². The van der Waals surface area contributed by atoms with Crippen molar-refractivity contribution in [2.24, 2.45) is 11.3 Å². The molecule has 13 heteroatoms. The van der Waals surface area contributed by atoms with Gasteiger partial charge in [-0.05, 0) is 74.1 Å². The number of hydrogen-bond acceptors (Lipinski definition) is 8. The van der Waals surface area contributed by atoms with Gasteiger partial charge in [-0.2, -0.15) is 0 Å². The lowest BCUT2D eigenvalue weighted by Crippen LogP contribution is -2.59. The minimum Gasteiger partial charge on any atom is -0.381 e. The molecule has 3 heterocycles. The number of amides is 4. The number of ether oxygens (including phenoxy) is 1. The second-order valence-electron chi connectivity index (χ2n) is 15.1. The molecule has 3 fully saturated rings. The van der Waals surface area contributed by atoms with Crippen LogP contribution in [0.4, 0.5) is 0 Å². The van der Waals surface area contributed by atoms with Crippen LogP contribution < -0.4 is 21.4 Å².